The number of carbonyl (C=O) groups excluding carboxylic acids is 1. The lowest BCUT2D eigenvalue weighted by molar-refractivity contribution is 0.112. The standard InChI is InChI=1S/C16H14FNO/c17-15-9-11(10-19)6-7-13(15)14-5-1-3-12-4-2-8-18-16(12)14/h2,4,6-10,14H,1,3,5H2. The lowest BCUT2D eigenvalue weighted by Crippen LogP contribution is -2.14. The molecule has 0 fully saturated rings. The van der Waals surface area contributed by atoms with Gasteiger partial charge in [-0.3, -0.25) is 9.78 Å². The first kappa shape index (κ1) is 12.0. The number of aldehydes is 1. The van der Waals surface area contributed by atoms with E-state index in [2.05, 4.69) is 11.1 Å². The Kier molecular flexibility index (Phi) is 3.11. The zero-order chi connectivity index (χ0) is 13.2. The molecule has 0 amide bonds. The van der Waals surface area contributed by atoms with Crippen molar-refractivity contribution in [3.05, 3.63) is 64.7 Å². The Bertz CT molecular complexity index is 624. The van der Waals surface area contributed by atoms with Crippen LogP contribution >= 0.6 is 0 Å². The largest absolute Gasteiger partial charge is 0.298 e. The van der Waals surface area contributed by atoms with Crippen LogP contribution in [0.2, 0.25) is 0 Å². The number of hydrogen-bond acceptors (Lipinski definition) is 2. The summed E-state index contributed by atoms with van der Waals surface area (Å²) in [6.07, 6.45) is 5.38. The van der Waals surface area contributed by atoms with Crippen LogP contribution in [0.4, 0.5) is 4.39 Å². The maximum atomic E-state index is 14.1. The van der Waals surface area contributed by atoms with Crippen molar-refractivity contribution in [1.82, 2.24) is 4.98 Å². The Morgan fingerprint density at radius 3 is 3.00 bits per heavy atom. The molecule has 0 aliphatic heterocycles. The minimum Gasteiger partial charge on any atom is -0.298 e. The summed E-state index contributed by atoms with van der Waals surface area (Å²) in [4.78, 5) is 15.1. The van der Waals surface area contributed by atoms with E-state index in [0.717, 1.165) is 25.0 Å². The molecule has 2 aromatic rings. The average Bonchev–Trinajstić information content (AvgIpc) is 2.46. The van der Waals surface area contributed by atoms with Gasteiger partial charge in [0.25, 0.3) is 0 Å². The fourth-order valence-corrected chi connectivity index (χ4v) is 2.81. The van der Waals surface area contributed by atoms with Crippen molar-refractivity contribution >= 4 is 6.29 Å². The molecule has 1 aromatic heterocycles. The van der Waals surface area contributed by atoms with Crippen LogP contribution in [0.1, 0.15) is 45.9 Å². The molecule has 19 heavy (non-hydrogen) atoms. The highest BCUT2D eigenvalue weighted by atomic mass is 19.1. The lowest BCUT2D eigenvalue weighted by atomic mass is 9.82. The van der Waals surface area contributed by atoms with Crippen LogP contribution in [0.25, 0.3) is 0 Å². The van der Waals surface area contributed by atoms with Crippen molar-refractivity contribution in [2.24, 2.45) is 0 Å². The first-order chi connectivity index (χ1) is 9.29. The number of halogens is 1. The van der Waals surface area contributed by atoms with Gasteiger partial charge in [-0.15, -0.1) is 0 Å². The summed E-state index contributed by atoms with van der Waals surface area (Å²) in [5.41, 5.74) is 3.20. The van der Waals surface area contributed by atoms with E-state index < -0.39 is 0 Å². The summed E-state index contributed by atoms with van der Waals surface area (Å²) in [6, 6.07) is 8.68. The van der Waals surface area contributed by atoms with Crippen LogP contribution in [0.3, 0.4) is 0 Å². The predicted molar refractivity (Wildman–Crippen MR) is 70.8 cm³/mol. The van der Waals surface area contributed by atoms with Crippen LogP contribution in [-0.4, -0.2) is 11.3 Å². The number of carbonyl (C=O) groups is 1. The Morgan fingerprint density at radius 2 is 2.21 bits per heavy atom. The monoisotopic (exact) mass is 255 g/mol. The van der Waals surface area contributed by atoms with Gasteiger partial charge in [-0.2, -0.15) is 0 Å². The first-order valence-electron chi connectivity index (χ1n) is 6.48. The van der Waals surface area contributed by atoms with E-state index in [0.29, 0.717) is 17.4 Å². The van der Waals surface area contributed by atoms with E-state index in [1.54, 1.807) is 18.3 Å². The molecule has 0 spiro atoms. The molecule has 2 nitrogen and oxygen atoms in total. The zero-order valence-corrected chi connectivity index (χ0v) is 10.5. The first-order valence-corrected chi connectivity index (χ1v) is 6.48. The predicted octanol–water partition coefficient (Wildman–Crippen LogP) is 3.50. The van der Waals surface area contributed by atoms with Gasteiger partial charge in [-0.1, -0.05) is 18.2 Å². The molecule has 1 atom stereocenters. The molecular formula is C16H14FNO. The number of hydrogen-bond donors (Lipinski definition) is 0. The Balaban J connectivity index is 2.06. The minimum atomic E-state index is -0.312. The van der Waals surface area contributed by atoms with Crippen LogP contribution in [0.15, 0.2) is 36.5 Å². The van der Waals surface area contributed by atoms with Crippen molar-refractivity contribution in [1.29, 1.82) is 0 Å². The van der Waals surface area contributed by atoms with Crippen molar-refractivity contribution in [2.45, 2.75) is 25.2 Å². The molecule has 1 unspecified atom stereocenters. The third kappa shape index (κ3) is 2.16. The highest BCUT2D eigenvalue weighted by Crippen LogP contribution is 2.36. The van der Waals surface area contributed by atoms with Gasteiger partial charge in [-0.25, -0.2) is 4.39 Å². The van der Waals surface area contributed by atoms with E-state index in [9.17, 15) is 9.18 Å². The summed E-state index contributed by atoms with van der Waals surface area (Å²) < 4.78 is 14.1. The second-order valence-electron chi connectivity index (χ2n) is 4.89. The van der Waals surface area contributed by atoms with Gasteiger partial charge in [0.05, 0.1) is 5.69 Å². The second-order valence-corrected chi connectivity index (χ2v) is 4.89. The van der Waals surface area contributed by atoms with E-state index in [-0.39, 0.29) is 11.7 Å². The third-order valence-corrected chi connectivity index (χ3v) is 3.73. The molecule has 1 heterocycles. The molecule has 0 bridgehead atoms. The van der Waals surface area contributed by atoms with Crippen LogP contribution < -0.4 is 0 Å². The summed E-state index contributed by atoms with van der Waals surface area (Å²) in [5.74, 6) is -0.307. The van der Waals surface area contributed by atoms with Gasteiger partial charge in [0.2, 0.25) is 0 Å². The van der Waals surface area contributed by atoms with Gasteiger partial charge in [0.1, 0.15) is 12.1 Å². The molecule has 0 N–H and O–H groups in total. The summed E-state index contributed by atoms with van der Waals surface area (Å²) in [7, 11) is 0. The molecular weight excluding hydrogens is 241 g/mol. The number of aryl methyl sites for hydroxylation is 1. The highest BCUT2D eigenvalue weighted by molar-refractivity contribution is 5.74. The zero-order valence-electron chi connectivity index (χ0n) is 10.5. The fourth-order valence-electron chi connectivity index (χ4n) is 2.81. The van der Waals surface area contributed by atoms with Crippen molar-refractivity contribution < 1.29 is 9.18 Å². The molecule has 3 heteroatoms. The average molecular weight is 255 g/mol. The quantitative estimate of drug-likeness (QED) is 0.769. The van der Waals surface area contributed by atoms with E-state index >= 15 is 0 Å². The molecule has 1 aliphatic carbocycles. The summed E-state index contributed by atoms with van der Waals surface area (Å²) in [5, 5.41) is 0. The van der Waals surface area contributed by atoms with Gasteiger partial charge in [-0.05, 0) is 42.5 Å². The van der Waals surface area contributed by atoms with E-state index in [1.807, 2.05) is 6.07 Å². The molecule has 0 saturated heterocycles. The smallest absolute Gasteiger partial charge is 0.150 e. The number of nitrogens with zero attached hydrogens (tertiary/aromatic N) is 1. The number of rotatable bonds is 2. The maximum Gasteiger partial charge on any atom is 0.150 e. The lowest BCUT2D eigenvalue weighted by Gasteiger charge is -2.25. The number of aromatic nitrogens is 1. The molecule has 0 saturated carbocycles. The molecule has 3 rings (SSSR count). The molecule has 96 valence electrons. The topological polar surface area (TPSA) is 30.0 Å². The van der Waals surface area contributed by atoms with Gasteiger partial charge in [0, 0.05) is 17.7 Å². The third-order valence-electron chi connectivity index (χ3n) is 3.73. The van der Waals surface area contributed by atoms with Crippen molar-refractivity contribution in [3.63, 3.8) is 0 Å². The second kappa shape index (κ2) is 4.92. The van der Waals surface area contributed by atoms with E-state index in [1.165, 1.54) is 11.6 Å². The number of fused-ring (bicyclic) bond motifs is 1. The normalized spacial score (nSPS) is 17.8. The van der Waals surface area contributed by atoms with Crippen LogP contribution in [0.5, 0.6) is 0 Å². The maximum absolute atomic E-state index is 14.1. The van der Waals surface area contributed by atoms with Crippen molar-refractivity contribution in [2.75, 3.05) is 0 Å². The Hall–Kier alpha value is -2.03. The van der Waals surface area contributed by atoms with Gasteiger partial charge >= 0.3 is 0 Å². The van der Waals surface area contributed by atoms with E-state index in [4.69, 9.17) is 0 Å². The number of pyridine rings is 1. The summed E-state index contributed by atoms with van der Waals surface area (Å²) >= 11 is 0. The van der Waals surface area contributed by atoms with Crippen LogP contribution in [0, 0.1) is 5.82 Å². The highest BCUT2D eigenvalue weighted by Gasteiger charge is 2.25. The molecule has 0 radical (unpaired) electrons. The number of benzene rings is 1. The Morgan fingerprint density at radius 1 is 1.32 bits per heavy atom. The van der Waals surface area contributed by atoms with Crippen LogP contribution in [-0.2, 0) is 6.42 Å². The van der Waals surface area contributed by atoms with Crippen molar-refractivity contribution in [3.8, 4) is 0 Å². The van der Waals surface area contributed by atoms with Gasteiger partial charge in [0.15, 0.2) is 0 Å². The minimum absolute atomic E-state index is 0.00523. The SMILES string of the molecule is O=Cc1ccc(C2CCCc3cccnc32)c(F)c1. The fraction of sp³-hybridized carbons (Fsp3) is 0.250. The van der Waals surface area contributed by atoms with Gasteiger partial charge < -0.3 is 0 Å². The molecule has 1 aliphatic rings. The Labute approximate surface area is 111 Å². The summed E-state index contributed by atoms with van der Waals surface area (Å²) in [6.45, 7) is 0. The molecule has 1 aromatic carbocycles.